The number of rotatable bonds is 18. The highest BCUT2D eigenvalue weighted by Gasteiger charge is 2.38. The summed E-state index contributed by atoms with van der Waals surface area (Å²) in [5.41, 5.74) is -0.557. The Morgan fingerprint density at radius 1 is 0.800 bits per heavy atom. The number of aromatic nitrogens is 2. The summed E-state index contributed by atoms with van der Waals surface area (Å²) in [5.74, 6) is -1.90. The quantitative estimate of drug-likeness (QED) is 0.191. The lowest BCUT2D eigenvalue weighted by Crippen LogP contribution is -2.15. The van der Waals surface area contributed by atoms with Crippen LogP contribution in [0.1, 0.15) is 126 Å². The Morgan fingerprint density at radius 2 is 1.20 bits per heavy atom. The molecule has 0 aliphatic heterocycles. The van der Waals surface area contributed by atoms with Gasteiger partial charge in [0.1, 0.15) is 0 Å². The van der Waals surface area contributed by atoms with Gasteiger partial charge in [-0.1, -0.05) is 103 Å². The predicted molar refractivity (Wildman–Crippen MR) is 114 cm³/mol. The lowest BCUT2D eigenvalue weighted by molar-refractivity contribution is -0.147. The van der Waals surface area contributed by atoms with Crippen molar-refractivity contribution in [1.82, 2.24) is 9.55 Å². The molecule has 0 spiro atoms. The fourth-order valence-electron chi connectivity index (χ4n) is 3.79. The average molecular weight is 433 g/mol. The second-order valence-electron chi connectivity index (χ2n) is 8.21. The van der Waals surface area contributed by atoms with Crippen LogP contribution in [-0.4, -0.2) is 20.9 Å². The smallest absolute Gasteiger partial charge is 0.449 e. The largest absolute Gasteiger partial charge is 0.493 e. The number of hydrogen-bond donors (Lipinski definition) is 1. The number of halogens is 3. The molecule has 7 heteroatoms. The molecule has 0 aromatic carbocycles. The summed E-state index contributed by atoms with van der Waals surface area (Å²) in [4.78, 5) is 14.0. The fraction of sp³-hybridized carbons (Fsp3) is 0.826. The Labute approximate surface area is 179 Å². The van der Waals surface area contributed by atoms with Gasteiger partial charge in [-0.15, -0.1) is 0 Å². The van der Waals surface area contributed by atoms with Crippen LogP contribution in [0.5, 0.6) is 5.88 Å². The van der Waals surface area contributed by atoms with Crippen molar-refractivity contribution in [2.24, 2.45) is 0 Å². The molecule has 4 nitrogen and oxygen atoms in total. The number of aromatic hydroxyl groups is 1. The van der Waals surface area contributed by atoms with Gasteiger partial charge in [-0.3, -0.25) is 9.36 Å². The number of aldehydes is 1. The first-order chi connectivity index (χ1) is 14.4. The third-order valence-electron chi connectivity index (χ3n) is 5.57. The van der Waals surface area contributed by atoms with Gasteiger partial charge in [0.2, 0.25) is 11.7 Å². The summed E-state index contributed by atoms with van der Waals surface area (Å²) in [7, 11) is 0. The molecule has 0 saturated carbocycles. The number of hydrogen-bond acceptors (Lipinski definition) is 3. The average Bonchev–Trinajstić information content (AvgIpc) is 3.03. The molecule has 0 unspecified atom stereocenters. The number of imidazole rings is 1. The van der Waals surface area contributed by atoms with Crippen LogP contribution in [0, 0.1) is 0 Å². The number of alkyl halides is 3. The molecule has 0 bridgehead atoms. The zero-order valence-corrected chi connectivity index (χ0v) is 18.5. The van der Waals surface area contributed by atoms with E-state index in [2.05, 4.69) is 11.9 Å². The van der Waals surface area contributed by atoms with Gasteiger partial charge in [0, 0.05) is 6.54 Å². The molecule has 1 aromatic heterocycles. The molecule has 1 heterocycles. The van der Waals surface area contributed by atoms with Gasteiger partial charge >= 0.3 is 6.18 Å². The molecule has 0 amide bonds. The highest BCUT2D eigenvalue weighted by Crippen LogP contribution is 2.32. The Bertz CT molecular complexity index is 586. The Balaban J connectivity index is 2.03. The SMILES string of the molecule is CCCCCCCCCCCCCCCCCCn1c(C(F)(F)F)nc(C=O)c1O. The molecular weight excluding hydrogens is 393 g/mol. The third-order valence-corrected chi connectivity index (χ3v) is 5.57. The van der Waals surface area contributed by atoms with Gasteiger partial charge in [-0.25, -0.2) is 4.98 Å². The highest BCUT2D eigenvalue weighted by molar-refractivity contribution is 5.75. The number of carbonyl (C=O) groups excluding carboxylic acids is 1. The number of carbonyl (C=O) groups is 1. The molecule has 0 aliphatic rings. The topological polar surface area (TPSA) is 55.1 Å². The van der Waals surface area contributed by atoms with E-state index in [4.69, 9.17) is 0 Å². The lowest BCUT2D eigenvalue weighted by atomic mass is 10.0. The Hall–Kier alpha value is -1.53. The van der Waals surface area contributed by atoms with Crippen molar-refractivity contribution in [1.29, 1.82) is 0 Å². The van der Waals surface area contributed by atoms with E-state index in [0.29, 0.717) is 11.0 Å². The summed E-state index contributed by atoms with van der Waals surface area (Å²) in [6.45, 7) is 2.26. The summed E-state index contributed by atoms with van der Waals surface area (Å²) < 4.78 is 39.6. The van der Waals surface area contributed by atoms with Gasteiger partial charge in [0.05, 0.1) is 0 Å². The first-order valence-corrected chi connectivity index (χ1v) is 11.7. The molecule has 0 aliphatic carbocycles. The van der Waals surface area contributed by atoms with E-state index in [1.807, 2.05) is 0 Å². The Morgan fingerprint density at radius 3 is 1.57 bits per heavy atom. The highest BCUT2D eigenvalue weighted by atomic mass is 19.4. The summed E-state index contributed by atoms with van der Waals surface area (Å²) in [6, 6.07) is 0. The van der Waals surface area contributed by atoms with Gasteiger partial charge in [0.25, 0.3) is 0 Å². The van der Waals surface area contributed by atoms with Gasteiger partial charge in [-0.05, 0) is 6.42 Å². The zero-order chi connectivity index (χ0) is 22.2. The minimum atomic E-state index is -4.69. The van der Waals surface area contributed by atoms with E-state index < -0.39 is 23.6 Å². The molecule has 1 N–H and O–H groups in total. The molecule has 1 aromatic rings. The Kier molecular flexibility index (Phi) is 13.5. The molecule has 0 radical (unpaired) electrons. The summed E-state index contributed by atoms with van der Waals surface area (Å²) in [6.07, 6.45) is 14.6. The van der Waals surface area contributed by atoms with Crippen LogP contribution in [0.15, 0.2) is 0 Å². The van der Waals surface area contributed by atoms with Crippen LogP contribution in [0.3, 0.4) is 0 Å². The van der Waals surface area contributed by atoms with Crippen molar-refractivity contribution in [2.45, 2.75) is 122 Å². The summed E-state index contributed by atoms with van der Waals surface area (Å²) in [5, 5.41) is 9.77. The van der Waals surface area contributed by atoms with E-state index in [1.165, 1.54) is 70.6 Å². The van der Waals surface area contributed by atoms with Crippen molar-refractivity contribution in [2.75, 3.05) is 0 Å². The first kappa shape index (κ1) is 26.5. The van der Waals surface area contributed by atoms with E-state index in [1.54, 1.807) is 0 Å². The van der Waals surface area contributed by atoms with Crippen LogP contribution in [0.4, 0.5) is 13.2 Å². The minimum absolute atomic E-state index is 0.0139. The van der Waals surface area contributed by atoms with Crippen LogP contribution in [-0.2, 0) is 12.7 Å². The van der Waals surface area contributed by atoms with Crippen LogP contribution in [0.25, 0.3) is 0 Å². The molecular formula is C23H39F3N2O2. The standard InChI is InChI=1S/C23H39F3N2O2/c1-2-3-4-5-6-7-8-9-10-11-12-13-14-15-16-17-18-28-21(30)20(19-29)27-22(28)23(24,25)26/h19,30H,2-18H2,1H3. The maximum Gasteiger partial charge on any atom is 0.449 e. The van der Waals surface area contributed by atoms with E-state index in [-0.39, 0.29) is 12.8 Å². The zero-order valence-electron chi connectivity index (χ0n) is 18.5. The second kappa shape index (κ2) is 15.3. The molecule has 0 saturated heterocycles. The monoisotopic (exact) mass is 432 g/mol. The molecule has 0 atom stereocenters. The van der Waals surface area contributed by atoms with E-state index in [0.717, 1.165) is 25.7 Å². The normalized spacial score (nSPS) is 11.9. The van der Waals surface area contributed by atoms with E-state index >= 15 is 0 Å². The van der Waals surface area contributed by atoms with Gasteiger partial charge < -0.3 is 5.11 Å². The fourth-order valence-corrected chi connectivity index (χ4v) is 3.79. The second-order valence-corrected chi connectivity index (χ2v) is 8.21. The molecule has 174 valence electrons. The maximum atomic E-state index is 13.0. The van der Waals surface area contributed by atoms with Crippen LogP contribution < -0.4 is 0 Å². The minimum Gasteiger partial charge on any atom is -0.493 e. The number of nitrogens with zero attached hydrogens (tertiary/aromatic N) is 2. The lowest BCUT2D eigenvalue weighted by Gasteiger charge is -2.11. The maximum absolute atomic E-state index is 13.0. The van der Waals surface area contributed by atoms with Crippen molar-refractivity contribution in [3.8, 4) is 5.88 Å². The predicted octanol–water partition coefficient (Wildman–Crippen LogP) is 7.68. The van der Waals surface area contributed by atoms with E-state index in [9.17, 15) is 23.1 Å². The number of unbranched alkanes of at least 4 members (excludes halogenated alkanes) is 15. The van der Waals surface area contributed by atoms with Crippen molar-refractivity contribution in [3.63, 3.8) is 0 Å². The molecule has 30 heavy (non-hydrogen) atoms. The van der Waals surface area contributed by atoms with Gasteiger partial charge in [-0.2, -0.15) is 13.2 Å². The summed E-state index contributed by atoms with van der Waals surface area (Å²) >= 11 is 0. The molecule has 1 rings (SSSR count). The van der Waals surface area contributed by atoms with Crippen LogP contribution >= 0.6 is 0 Å². The molecule has 0 fully saturated rings. The van der Waals surface area contributed by atoms with Gasteiger partial charge in [0.15, 0.2) is 12.0 Å². The van der Waals surface area contributed by atoms with Crippen molar-refractivity contribution >= 4 is 6.29 Å². The van der Waals surface area contributed by atoms with Crippen LogP contribution in [0.2, 0.25) is 0 Å². The van der Waals surface area contributed by atoms with Crippen molar-refractivity contribution in [3.05, 3.63) is 11.5 Å². The van der Waals surface area contributed by atoms with Crippen molar-refractivity contribution < 1.29 is 23.1 Å². The third kappa shape index (κ3) is 10.5. The first-order valence-electron chi connectivity index (χ1n) is 11.7.